The van der Waals surface area contributed by atoms with E-state index in [0.29, 0.717) is 0 Å². The molecule has 1 N–H and O–H groups in total. The lowest BCUT2D eigenvalue weighted by molar-refractivity contribution is 0.154. The minimum atomic E-state index is -3.68. The van der Waals surface area contributed by atoms with Gasteiger partial charge in [0.25, 0.3) is 0 Å². The molecule has 0 saturated heterocycles. The van der Waals surface area contributed by atoms with Gasteiger partial charge >= 0.3 is 0 Å². The molecule has 1 aromatic rings. The lowest BCUT2D eigenvalue weighted by Gasteiger charge is -2.30. The van der Waals surface area contributed by atoms with Crippen LogP contribution in [-0.4, -0.2) is 23.5 Å². The van der Waals surface area contributed by atoms with Crippen LogP contribution in [0.15, 0.2) is 24.3 Å². The molecule has 6 heteroatoms. The summed E-state index contributed by atoms with van der Waals surface area (Å²) in [6, 6.07) is 5.15. The molecule has 3 nitrogen and oxygen atoms in total. The Morgan fingerprint density at radius 3 is 2.50 bits per heavy atom. The van der Waals surface area contributed by atoms with Crippen LogP contribution in [0.2, 0.25) is 0 Å². The van der Waals surface area contributed by atoms with Gasteiger partial charge < -0.3 is 5.11 Å². The first-order chi connectivity index (χ1) is 8.28. The van der Waals surface area contributed by atoms with E-state index in [-0.39, 0.29) is 17.7 Å². The maximum Gasteiger partial charge on any atom is 0.175 e. The standard InChI is InChI=1S/C12H16ClFO3S/c1-3-12(13,18(16,17)4-2)11(15)9-6-5-7-10(14)8-9/h5-8,11,15H,3-4H2,1-2H3/t11-,12+/m1/s1. The predicted molar refractivity (Wildman–Crippen MR) is 69.7 cm³/mol. The highest BCUT2D eigenvalue weighted by Crippen LogP contribution is 2.40. The van der Waals surface area contributed by atoms with E-state index in [1.165, 1.54) is 25.1 Å². The highest BCUT2D eigenvalue weighted by atomic mass is 35.5. The topological polar surface area (TPSA) is 54.4 Å². The van der Waals surface area contributed by atoms with E-state index < -0.39 is 26.0 Å². The number of sulfone groups is 1. The van der Waals surface area contributed by atoms with Gasteiger partial charge in [-0.15, -0.1) is 0 Å². The summed E-state index contributed by atoms with van der Waals surface area (Å²) in [5, 5.41) is 10.2. The summed E-state index contributed by atoms with van der Waals surface area (Å²) in [5.41, 5.74) is 0.156. The first-order valence-electron chi connectivity index (χ1n) is 5.63. The molecule has 1 rings (SSSR count). The second-order valence-corrected chi connectivity index (χ2v) is 7.43. The van der Waals surface area contributed by atoms with Gasteiger partial charge in [0, 0.05) is 5.75 Å². The van der Waals surface area contributed by atoms with Crippen molar-refractivity contribution >= 4 is 21.4 Å². The first-order valence-corrected chi connectivity index (χ1v) is 7.66. The molecule has 1 aromatic carbocycles. The summed E-state index contributed by atoms with van der Waals surface area (Å²) in [6.07, 6.45) is -1.44. The minimum absolute atomic E-state index is 0.0302. The molecule has 102 valence electrons. The van der Waals surface area contributed by atoms with Crippen LogP contribution in [0.1, 0.15) is 31.9 Å². The van der Waals surface area contributed by atoms with Crippen molar-refractivity contribution in [3.63, 3.8) is 0 Å². The number of rotatable bonds is 5. The van der Waals surface area contributed by atoms with E-state index in [1.807, 2.05) is 0 Å². The van der Waals surface area contributed by atoms with E-state index in [4.69, 9.17) is 11.6 Å². The third kappa shape index (κ3) is 2.68. The summed E-state index contributed by atoms with van der Waals surface area (Å²) in [6.45, 7) is 3.03. The monoisotopic (exact) mass is 294 g/mol. The van der Waals surface area contributed by atoms with Crippen molar-refractivity contribution in [2.24, 2.45) is 0 Å². The zero-order chi connectivity index (χ0) is 14.0. The Hall–Kier alpha value is -0.650. The fourth-order valence-electron chi connectivity index (χ4n) is 1.75. The van der Waals surface area contributed by atoms with Crippen LogP contribution >= 0.6 is 11.6 Å². The largest absolute Gasteiger partial charge is 0.385 e. The van der Waals surface area contributed by atoms with E-state index in [0.717, 1.165) is 6.07 Å². The Morgan fingerprint density at radius 2 is 2.06 bits per heavy atom. The van der Waals surface area contributed by atoms with Gasteiger partial charge in [0.2, 0.25) is 0 Å². The molecule has 0 amide bonds. The number of aliphatic hydroxyl groups excluding tert-OH is 1. The van der Waals surface area contributed by atoms with Crippen LogP contribution in [0.5, 0.6) is 0 Å². The van der Waals surface area contributed by atoms with E-state index in [9.17, 15) is 17.9 Å². The highest BCUT2D eigenvalue weighted by Gasteiger charge is 2.46. The zero-order valence-electron chi connectivity index (χ0n) is 10.2. The quantitative estimate of drug-likeness (QED) is 0.850. The molecule has 0 bridgehead atoms. The van der Waals surface area contributed by atoms with E-state index >= 15 is 0 Å². The van der Waals surface area contributed by atoms with Crippen molar-refractivity contribution in [3.05, 3.63) is 35.6 Å². The van der Waals surface area contributed by atoms with E-state index in [2.05, 4.69) is 0 Å². The van der Waals surface area contributed by atoms with Gasteiger partial charge in [0.15, 0.2) is 14.0 Å². The van der Waals surface area contributed by atoms with Gasteiger partial charge in [0.05, 0.1) is 0 Å². The number of hydrogen-bond acceptors (Lipinski definition) is 3. The second kappa shape index (κ2) is 5.55. The SMILES string of the molecule is CC[C@@](Cl)([C@H](O)c1cccc(F)c1)S(=O)(=O)CC. The molecule has 0 aliphatic heterocycles. The Morgan fingerprint density at radius 1 is 1.44 bits per heavy atom. The van der Waals surface area contributed by atoms with Gasteiger partial charge in [-0.05, 0) is 24.1 Å². The number of halogens is 2. The van der Waals surface area contributed by atoms with Gasteiger partial charge in [-0.3, -0.25) is 0 Å². The number of alkyl halides is 1. The lowest BCUT2D eigenvalue weighted by Crippen LogP contribution is -2.39. The average Bonchev–Trinajstić information content (AvgIpc) is 2.36. The summed E-state index contributed by atoms with van der Waals surface area (Å²) in [4.78, 5) is 0. The molecule has 0 unspecified atom stereocenters. The van der Waals surface area contributed by atoms with Gasteiger partial charge in [-0.25, -0.2) is 12.8 Å². The maximum atomic E-state index is 13.1. The Kier molecular flexibility index (Phi) is 4.75. The molecular weight excluding hydrogens is 279 g/mol. The summed E-state index contributed by atoms with van der Waals surface area (Å²) < 4.78 is 35.2. The van der Waals surface area contributed by atoms with Crippen molar-refractivity contribution < 1.29 is 17.9 Å². The summed E-state index contributed by atoms with van der Waals surface area (Å²) >= 11 is 6.09. The minimum Gasteiger partial charge on any atom is -0.385 e. The fraction of sp³-hybridized carbons (Fsp3) is 0.500. The molecule has 0 radical (unpaired) electrons. The number of aliphatic hydroxyl groups is 1. The molecule has 0 spiro atoms. The summed E-state index contributed by atoms with van der Waals surface area (Å²) in [7, 11) is -3.68. The summed E-state index contributed by atoms with van der Waals surface area (Å²) in [5.74, 6) is -0.730. The van der Waals surface area contributed by atoms with Crippen molar-refractivity contribution in [2.45, 2.75) is 30.6 Å². The van der Waals surface area contributed by atoms with Crippen LogP contribution in [0, 0.1) is 5.82 Å². The Labute approximate surface area is 112 Å². The van der Waals surface area contributed by atoms with Crippen molar-refractivity contribution in [2.75, 3.05) is 5.75 Å². The van der Waals surface area contributed by atoms with Crippen molar-refractivity contribution in [1.29, 1.82) is 0 Å². The Balaban J connectivity index is 3.26. The number of hydrogen-bond donors (Lipinski definition) is 1. The van der Waals surface area contributed by atoms with Crippen LogP contribution in [-0.2, 0) is 9.84 Å². The molecule has 0 fully saturated rings. The van der Waals surface area contributed by atoms with Crippen LogP contribution in [0.3, 0.4) is 0 Å². The van der Waals surface area contributed by atoms with Crippen molar-refractivity contribution in [3.8, 4) is 0 Å². The van der Waals surface area contributed by atoms with Crippen LogP contribution in [0.4, 0.5) is 4.39 Å². The molecule has 0 aliphatic carbocycles. The fourth-order valence-corrected chi connectivity index (χ4v) is 3.60. The zero-order valence-corrected chi connectivity index (χ0v) is 11.8. The van der Waals surface area contributed by atoms with Crippen LogP contribution < -0.4 is 0 Å². The highest BCUT2D eigenvalue weighted by molar-refractivity contribution is 7.94. The Bertz CT molecular complexity index is 518. The third-order valence-electron chi connectivity index (χ3n) is 2.95. The van der Waals surface area contributed by atoms with Crippen LogP contribution in [0.25, 0.3) is 0 Å². The molecule has 0 heterocycles. The van der Waals surface area contributed by atoms with Gasteiger partial charge in [0.1, 0.15) is 11.9 Å². The normalized spacial score (nSPS) is 17.2. The molecule has 2 atom stereocenters. The lowest BCUT2D eigenvalue weighted by atomic mass is 10.0. The second-order valence-electron chi connectivity index (χ2n) is 4.00. The molecule has 0 aliphatic rings. The molecule has 18 heavy (non-hydrogen) atoms. The third-order valence-corrected chi connectivity index (χ3v) is 6.44. The molecule has 0 aromatic heterocycles. The predicted octanol–water partition coefficient (Wildman–Crippen LogP) is 2.64. The average molecular weight is 295 g/mol. The molecule has 0 saturated carbocycles. The van der Waals surface area contributed by atoms with Gasteiger partial charge in [-0.2, -0.15) is 0 Å². The van der Waals surface area contributed by atoms with E-state index in [1.54, 1.807) is 6.92 Å². The molecular formula is C12H16ClFO3S. The maximum absolute atomic E-state index is 13.1. The van der Waals surface area contributed by atoms with Gasteiger partial charge in [-0.1, -0.05) is 37.6 Å². The smallest absolute Gasteiger partial charge is 0.175 e. The van der Waals surface area contributed by atoms with Crippen molar-refractivity contribution in [1.82, 2.24) is 0 Å². The number of benzene rings is 1. The first kappa shape index (κ1) is 15.4.